The van der Waals surface area contributed by atoms with Crippen LogP contribution in [0.5, 0.6) is 0 Å². The Morgan fingerprint density at radius 3 is 2.53 bits per heavy atom. The van der Waals surface area contributed by atoms with Crippen LogP contribution in [-0.2, 0) is 6.42 Å². The SMILES string of the molecule is Cc1ccccc1Cc1ccc(C#N)cc1N. The minimum Gasteiger partial charge on any atom is -0.398 e. The molecule has 0 amide bonds. The Labute approximate surface area is 101 Å². The Balaban J connectivity index is 2.32. The van der Waals surface area contributed by atoms with Crippen molar-refractivity contribution in [2.75, 3.05) is 5.73 Å². The number of nitrogens with zero attached hydrogens (tertiary/aromatic N) is 1. The molecular formula is C15H14N2. The number of nitrogen functional groups attached to an aromatic ring is 1. The van der Waals surface area contributed by atoms with Gasteiger partial charge in [0.05, 0.1) is 11.6 Å². The van der Waals surface area contributed by atoms with Gasteiger partial charge in [0, 0.05) is 5.69 Å². The number of nitrogens with two attached hydrogens (primary N) is 1. The Kier molecular flexibility index (Phi) is 3.11. The topological polar surface area (TPSA) is 49.8 Å². The smallest absolute Gasteiger partial charge is 0.0992 e. The standard InChI is InChI=1S/C15H14N2/c1-11-4-2-3-5-13(11)9-14-7-6-12(10-16)8-15(14)17/h2-8H,9,17H2,1H3. The first kappa shape index (κ1) is 11.2. The van der Waals surface area contributed by atoms with E-state index in [0.717, 1.165) is 12.0 Å². The molecule has 0 radical (unpaired) electrons. The van der Waals surface area contributed by atoms with Gasteiger partial charge in [0.25, 0.3) is 0 Å². The van der Waals surface area contributed by atoms with Crippen LogP contribution in [0, 0.1) is 18.3 Å². The second-order valence-corrected chi connectivity index (χ2v) is 4.13. The van der Waals surface area contributed by atoms with E-state index in [4.69, 9.17) is 11.0 Å². The maximum absolute atomic E-state index is 8.78. The molecule has 2 rings (SSSR count). The van der Waals surface area contributed by atoms with E-state index in [0.29, 0.717) is 11.3 Å². The molecule has 84 valence electrons. The van der Waals surface area contributed by atoms with Crippen molar-refractivity contribution in [1.82, 2.24) is 0 Å². The van der Waals surface area contributed by atoms with Crippen molar-refractivity contribution in [2.24, 2.45) is 0 Å². The summed E-state index contributed by atoms with van der Waals surface area (Å²) in [7, 11) is 0. The highest BCUT2D eigenvalue weighted by atomic mass is 14.6. The predicted molar refractivity (Wildman–Crippen MR) is 69.6 cm³/mol. The van der Waals surface area contributed by atoms with E-state index in [-0.39, 0.29) is 0 Å². The fourth-order valence-corrected chi connectivity index (χ4v) is 1.84. The molecule has 0 aliphatic rings. The Hall–Kier alpha value is -2.27. The second kappa shape index (κ2) is 4.71. The summed E-state index contributed by atoms with van der Waals surface area (Å²) < 4.78 is 0. The summed E-state index contributed by atoms with van der Waals surface area (Å²) in [6.45, 7) is 2.09. The van der Waals surface area contributed by atoms with Gasteiger partial charge in [0.2, 0.25) is 0 Å². The molecule has 2 aromatic carbocycles. The monoisotopic (exact) mass is 222 g/mol. The molecule has 0 bridgehead atoms. The first-order valence-electron chi connectivity index (χ1n) is 5.53. The molecule has 0 saturated heterocycles. The van der Waals surface area contributed by atoms with Crippen molar-refractivity contribution in [3.63, 3.8) is 0 Å². The van der Waals surface area contributed by atoms with Crippen LogP contribution < -0.4 is 5.73 Å². The van der Waals surface area contributed by atoms with E-state index in [2.05, 4.69) is 25.1 Å². The summed E-state index contributed by atoms with van der Waals surface area (Å²) in [6, 6.07) is 15.8. The first-order chi connectivity index (χ1) is 8.20. The summed E-state index contributed by atoms with van der Waals surface area (Å²) in [4.78, 5) is 0. The normalized spacial score (nSPS) is 9.88. The Morgan fingerprint density at radius 1 is 1.12 bits per heavy atom. The Morgan fingerprint density at radius 2 is 1.88 bits per heavy atom. The third-order valence-corrected chi connectivity index (χ3v) is 2.92. The number of hydrogen-bond donors (Lipinski definition) is 1. The van der Waals surface area contributed by atoms with Crippen LogP contribution in [0.3, 0.4) is 0 Å². The minimum absolute atomic E-state index is 0.607. The number of nitriles is 1. The number of rotatable bonds is 2. The predicted octanol–water partition coefficient (Wildman–Crippen LogP) is 3.04. The lowest BCUT2D eigenvalue weighted by Gasteiger charge is -2.08. The maximum Gasteiger partial charge on any atom is 0.0992 e. The molecule has 0 heterocycles. The summed E-state index contributed by atoms with van der Waals surface area (Å²) >= 11 is 0. The first-order valence-corrected chi connectivity index (χ1v) is 5.53. The summed E-state index contributed by atoms with van der Waals surface area (Å²) in [5.41, 5.74) is 10.8. The van der Waals surface area contributed by atoms with Gasteiger partial charge in [-0.25, -0.2) is 0 Å². The minimum atomic E-state index is 0.607. The summed E-state index contributed by atoms with van der Waals surface area (Å²) in [6.07, 6.45) is 0.810. The van der Waals surface area contributed by atoms with Crippen molar-refractivity contribution in [1.29, 1.82) is 5.26 Å². The molecule has 0 saturated carbocycles. The highest BCUT2D eigenvalue weighted by Crippen LogP contribution is 2.19. The van der Waals surface area contributed by atoms with Gasteiger partial charge in [-0.05, 0) is 42.2 Å². The van der Waals surface area contributed by atoms with Gasteiger partial charge >= 0.3 is 0 Å². The van der Waals surface area contributed by atoms with E-state index in [9.17, 15) is 0 Å². The molecule has 0 atom stereocenters. The average molecular weight is 222 g/mol. The van der Waals surface area contributed by atoms with Gasteiger partial charge in [-0.3, -0.25) is 0 Å². The van der Waals surface area contributed by atoms with Crippen LogP contribution in [0.15, 0.2) is 42.5 Å². The van der Waals surface area contributed by atoms with Crippen LogP contribution in [0.2, 0.25) is 0 Å². The van der Waals surface area contributed by atoms with Crippen LogP contribution in [0.4, 0.5) is 5.69 Å². The van der Waals surface area contributed by atoms with Crippen LogP contribution in [0.1, 0.15) is 22.3 Å². The van der Waals surface area contributed by atoms with Gasteiger partial charge in [-0.15, -0.1) is 0 Å². The molecule has 2 aromatic rings. The molecule has 2 nitrogen and oxygen atoms in total. The number of benzene rings is 2. The van der Waals surface area contributed by atoms with Gasteiger partial charge < -0.3 is 5.73 Å². The quantitative estimate of drug-likeness (QED) is 0.794. The van der Waals surface area contributed by atoms with Crippen LogP contribution in [0.25, 0.3) is 0 Å². The Bertz CT molecular complexity index is 580. The number of anilines is 1. The van der Waals surface area contributed by atoms with E-state index < -0.39 is 0 Å². The highest BCUT2D eigenvalue weighted by molar-refractivity contribution is 5.54. The third kappa shape index (κ3) is 2.46. The molecular weight excluding hydrogens is 208 g/mol. The molecule has 0 unspecified atom stereocenters. The van der Waals surface area contributed by atoms with Crippen molar-refractivity contribution >= 4 is 5.69 Å². The van der Waals surface area contributed by atoms with Crippen LogP contribution in [-0.4, -0.2) is 0 Å². The van der Waals surface area contributed by atoms with Gasteiger partial charge in [-0.1, -0.05) is 30.3 Å². The number of hydrogen-bond acceptors (Lipinski definition) is 2. The molecule has 17 heavy (non-hydrogen) atoms. The molecule has 0 spiro atoms. The van der Waals surface area contributed by atoms with E-state index in [1.807, 2.05) is 24.3 Å². The van der Waals surface area contributed by atoms with E-state index in [1.165, 1.54) is 11.1 Å². The van der Waals surface area contributed by atoms with Crippen molar-refractivity contribution < 1.29 is 0 Å². The molecule has 2 N–H and O–H groups in total. The van der Waals surface area contributed by atoms with Gasteiger partial charge in [0.15, 0.2) is 0 Å². The lowest BCUT2D eigenvalue weighted by Crippen LogP contribution is -1.97. The molecule has 0 fully saturated rings. The van der Waals surface area contributed by atoms with Gasteiger partial charge in [0.1, 0.15) is 0 Å². The lowest BCUT2D eigenvalue weighted by molar-refractivity contribution is 1.16. The molecule has 0 aromatic heterocycles. The maximum atomic E-state index is 8.78. The van der Waals surface area contributed by atoms with Gasteiger partial charge in [-0.2, -0.15) is 5.26 Å². The average Bonchev–Trinajstić information content (AvgIpc) is 2.34. The zero-order chi connectivity index (χ0) is 12.3. The van der Waals surface area contributed by atoms with Crippen LogP contribution >= 0.6 is 0 Å². The zero-order valence-electron chi connectivity index (χ0n) is 9.77. The molecule has 0 aliphatic heterocycles. The number of aryl methyl sites for hydroxylation is 1. The third-order valence-electron chi connectivity index (χ3n) is 2.92. The largest absolute Gasteiger partial charge is 0.398 e. The summed E-state index contributed by atoms with van der Waals surface area (Å²) in [5.74, 6) is 0. The second-order valence-electron chi connectivity index (χ2n) is 4.13. The van der Waals surface area contributed by atoms with E-state index >= 15 is 0 Å². The fraction of sp³-hybridized carbons (Fsp3) is 0.133. The highest BCUT2D eigenvalue weighted by Gasteiger charge is 2.04. The lowest BCUT2D eigenvalue weighted by atomic mass is 9.98. The zero-order valence-corrected chi connectivity index (χ0v) is 9.77. The molecule has 2 heteroatoms. The van der Waals surface area contributed by atoms with Crippen molar-refractivity contribution in [3.05, 3.63) is 64.7 Å². The fourth-order valence-electron chi connectivity index (χ4n) is 1.84. The van der Waals surface area contributed by atoms with E-state index in [1.54, 1.807) is 6.07 Å². The van der Waals surface area contributed by atoms with Crippen molar-refractivity contribution in [2.45, 2.75) is 13.3 Å². The summed E-state index contributed by atoms with van der Waals surface area (Å²) in [5, 5.41) is 8.78. The van der Waals surface area contributed by atoms with Crippen molar-refractivity contribution in [3.8, 4) is 6.07 Å². The molecule has 0 aliphatic carbocycles.